The van der Waals surface area contributed by atoms with Gasteiger partial charge >= 0.3 is 5.97 Å². The molecule has 9 heteroatoms. The zero-order valence-corrected chi connectivity index (χ0v) is 24.0. The minimum Gasteiger partial charge on any atom is -0.497 e. The van der Waals surface area contributed by atoms with Gasteiger partial charge in [0.25, 0.3) is 0 Å². The van der Waals surface area contributed by atoms with Gasteiger partial charge in [-0.15, -0.1) is 0 Å². The fourth-order valence-corrected chi connectivity index (χ4v) is 6.73. The Morgan fingerprint density at radius 2 is 1.62 bits per heavy atom. The van der Waals surface area contributed by atoms with Crippen LogP contribution in [0.5, 0.6) is 5.75 Å². The third-order valence-electron chi connectivity index (χ3n) is 7.25. The van der Waals surface area contributed by atoms with Crippen molar-refractivity contribution in [2.45, 2.75) is 69.2 Å². The summed E-state index contributed by atoms with van der Waals surface area (Å²) in [6, 6.07) is 18.2. The number of hydrogen-bond donors (Lipinski definition) is 0. The van der Waals surface area contributed by atoms with Crippen LogP contribution in [0.3, 0.4) is 0 Å². The molecule has 1 unspecified atom stereocenters. The van der Waals surface area contributed by atoms with E-state index in [0.29, 0.717) is 25.2 Å². The molecule has 0 saturated heterocycles. The summed E-state index contributed by atoms with van der Waals surface area (Å²) >= 11 is 0. The Morgan fingerprint density at radius 3 is 2.25 bits per heavy atom. The van der Waals surface area contributed by atoms with Gasteiger partial charge in [0.15, 0.2) is 0 Å². The number of sulfonamides is 1. The van der Waals surface area contributed by atoms with Crippen LogP contribution in [0, 0.1) is 5.92 Å². The van der Waals surface area contributed by atoms with Crippen LogP contribution in [0.1, 0.15) is 50.2 Å². The summed E-state index contributed by atoms with van der Waals surface area (Å²) in [4.78, 5) is 18.0. The number of hydrogen-bond acceptors (Lipinski definition) is 7. The summed E-state index contributed by atoms with van der Waals surface area (Å²) < 4.78 is 46.8. The second-order valence-corrected chi connectivity index (χ2v) is 11.9. The number of nitrogens with zero attached hydrogens (tertiary/aromatic N) is 2. The van der Waals surface area contributed by atoms with E-state index < -0.39 is 22.0 Å². The summed E-state index contributed by atoms with van der Waals surface area (Å²) in [5, 5.41) is 0. The van der Waals surface area contributed by atoms with Crippen molar-refractivity contribution >= 4 is 16.0 Å². The van der Waals surface area contributed by atoms with E-state index >= 15 is 0 Å². The standard InChI is InChI=1S/C31H38N2O6S/c1-3-21-38-28-11-9-26(10-12-28)30(31(34)39-23-25-7-5-4-6-8-25)33(22-24-17-19-32-20-18-24)40(35,36)29-15-13-27(37-2)14-16-29/h4-8,13-20,26,28,30H,3,9-12,21-23H2,1-2H3. The van der Waals surface area contributed by atoms with E-state index in [-0.39, 0.29) is 30.1 Å². The first-order valence-corrected chi connectivity index (χ1v) is 15.2. The van der Waals surface area contributed by atoms with E-state index in [4.69, 9.17) is 14.2 Å². The normalized spacial score (nSPS) is 18.3. The molecule has 1 aliphatic rings. The minimum atomic E-state index is -4.10. The molecule has 4 rings (SSSR count). The molecule has 1 atom stereocenters. The quantitative estimate of drug-likeness (QED) is 0.257. The molecule has 1 aliphatic carbocycles. The van der Waals surface area contributed by atoms with Gasteiger partial charge in [0.05, 0.1) is 18.1 Å². The Bertz CT molecular complexity index is 1290. The SMILES string of the molecule is CCCOC1CCC(C(C(=O)OCc2ccccc2)N(Cc2ccncc2)S(=O)(=O)c2ccc(OC)cc2)CC1. The highest BCUT2D eigenvalue weighted by Crippen LogP contribution is 2.35. The Kier molecular flexibility index (Phi) is 10.7. The molecule has 0 spiro atoms. The summed E-state index contributed by atoms with van der Waals surface area (Å²) in [7, 11) is -2.58. The van der Waals surface area contributed by atoms with Crippen molar-refractivity contribution < 1.29 is 27.4 Å². The number of benzene rings is 2. The predicted molar refractivity (Wildman–Crippen MR) is 152 cm³/mol. The lowest BCUT2D eigenvalue weighted by molar-refractivity contribution is -0.152. The molecule has 40 heavy (non-hydrogen) atoms. The highest BCUT2D eigenvalue weighted by atomic mass is 32.2. The number of pyridine rings is 1. The number of carbonyl (C=O) groups is 1. The number of carbonyl (C=O) groups excluding carboxylic acids is 1. The van der Waals surface area contributed by atoms with Crippen molar-refractivity contribution in [1.82, 2.24) is 9.29 Å². The lowest BCUT2D eigenvalue weighted by atomic mass is 9.82. The van der Waals surface area contributed by atoms with Gasteiger partial charge in [-0.3, -0.25) is 9.78 Å². The van der Waals surface area contributed by atoms with Crippen LogP contribution >= 0.6 is 0 Å². The first-order chi connectivity index (χ1) is 19.4. The van der Waals surface area contributed by atoms with Crippen molar-refractivity contribution in [3.05, 3.63) is 90.3 Å². The second-order valence-electron chi connectivity index (χ2n) is 10.0. The number of aromatic nitrogens is 1. The predicted octanol–water partition coefficient (Wildman–Crippen LogP) is 5.38. The third kappa shape index (κ3) is 7.68. The van der Waals surface area contributed by atoms with E-state index in [9.17, 15) is 13.2 Å². The van der Waals surface area contributed by atoms with E-state index in [1.54, 1.807) is 36.7 Å². The molecule has 0 amide bonds. The van der Waals surface area contributed by atoms with Crippen molar-refractivity contribution in [3.63, 3.8) is 0 Å². The lowest BCUT2D eigenvalue weighted by Gasteiger charge is -2.38. The maximum absolute atomic E-state index is 14.2. The van der Waals surface area contributed by atoms with Gasteiger partial charge in [0, 0.05) is 25.5 Å². The molecule has 8 nitrogen and oxygen atoms in total. The van der Waals surface area contributed by atoms with E-state index in [1.807, 2.05) is 30.3 Å². The number of methoxy groups -OCH3 is 1. The van der Waals surface area contributed by atoms with Gasteiger partial charge in [0.1, 0.15) is 18.4 Å². The maximum atomic E-state index is 14.2. The number of rotatable bonds is 13. The second kappa shape index (κ2) is 14.4. The fourth-order valence-electron chi connectivity index (χ4n) is 5.10. The zero-order chi connectivity index (χ0) is 28.4. The van der Waals surface area contributed by atoms with Crippen LogP contribution in [-0.4, -0.2) is 49.5 Å². The molecular formula is C31H38N2O6S. The molecule has 214 valence electrons. The van der Waals surface area contributed by atoms with Crippen LogP contribution in [-0.2, 0) is 37.4 Å². The smallest absolute Gasteiger partial charge is 0.325 e. The van der Waals surface area contributed by atoms with Crippen molar-refractivity contribution in [1.29, 1.82) is 0 Å². The molecule has 1 fully saturated rings. The Hall–Kier alpha value is -3.27. The van der Waals surface area contributed by atoms with Crippen LogP contribution in [0.2, 0.25) is 0 Å². The number of esters is 1. The van der Waals surface area contributed by atoms with Crippen molar-refractivity contribution in [2.24, 2.45) is 5.92 Å². The Balaban J connectivity index is 1.69. The van der Waals surface area contributed by atoms with E-state index in [0.717, 1.165) is 30.4 Å². The van der Waals surface area contributed by atoms with Gasteiger partial charge < -0.3 is 14.2 Å². The highest BCUT2D eigenvalue weighted by Gasteiger charge is 2.43. The average molecular weight is 567 g/mol. The summed E-state index contributed by atoms with van der Waals surface area (Å²) in [5.74, 6) is -0.226. The van der Waals surface area contributed by atoms with Crippen molar-refractivity contribution in [3.8, 4) is 5.75 Å². The van der Waals surface area contributed by atoms with Crippen LogP contribution in [0.25, 0.3) is 0 Å². The first-order valence-electron chi connectivity index (χ1n) is 13.8. The van der Waals surface area contributed by atoms with Gasteiger partial charge in [-0.1, -0.05) is 37.3 Å². The summed E-state index contributed by atoms with van der Waals surface area (Å²) in [6.07, 6.45) is 7.13. The van der Waals surface area contributed by atoms with Crippen molar-refractivity contribution in [2.75, 3.05) is 13.7 Å². The molecule has 3 aromatic rings. The molecule has 0 aliphatic heterocycles. The van der Waals surface area contributed by atoms with E-state index in [2.05, 4.69) is 11.9 Å². The van der Waals surface area contributed by atoms with E-state index in [1.165, 1.54) is 23.5 Å². The van der Waals surface area contributed by atoms with Gasteiger partial charge in [-0.05, 0) is 85.5 Å². The topological polar surface area (TPSA) is 95.0 Å². The maximum Gasteiger partial charge on any atom is 0.325 e. The summed E-state index contributed by atoms with van der Waals surface area (Å²) in [5.41, 5.74) is 1.57. The number of ether oxygens (including phenoxy) is 3. The third-order valence-corrected chi connectivity index (χ3v) is 9.09. The van der Waals surface area contributed by atoms with Gasteiger partial charge in [-0.25, -0.2) is 8.42 Å². The fraction of sp³-hybridized carbons (Fsp3) is 0.419. The molecule has 0 radical (unpaired) electrons. The molecule has 1 saturated carbocycles. The monoisotopic (exact) mass is 566 g/mol. The zero-order valence-electron chi connectivity index (χ0n) is 23.1. The molecule has 2 aromatic carbocycles. The Morgan fingerprint density at radius 1 is 0.950 bits per heavy atom. The van der Waals surface area contributed by atoms with Gasteiger partial charge in [-0.2, -0.15) is 4.31 Å². The molecule has 1 aromatic heterocycles. The Labute approximate surface area is 237 Å². The minimum absolute atomic E-state index is 0.00818. The lowest BCUT2D eigenvalue weighted by Crippen LogP contribution is -2.50. The molecule has 1 heterocycles. The first kappa shape index (κ1) is 29.7. The molecular weight excluding hydrogens is 528 g/mol. The highest BCUT2D eigenvalue weighted by molar-refractivity contribution is 7.89. The van der Waals surface area contributed by atoms with Crippen LogP contribution in [0.15, 0.2) is 84.0 Å². The molecule has 0 N–H and O–H groups in total. The molecule has 0 bridgehead atoms. The van der Waals surface area contributed by atoms with Gasteiger partial charge in [0.2, 0.25) is 10.0 Å². The average Bonchev–Trinajstić information content (AvgIpc) is 3.00. The summed E-state index contributed by atoms with van der Waals surface area (Å²) in [6.45, 7) is 2.84. The largest absolute Gasteiger partial charge is 0.497 e. The van der Waals surface area contributed by atoms with Crippen LogP contribution < -0.4 is 4.74 Å². The van der Waals surface area contributed by atoms with Crippen LogP contribution in [0.4, 0.5) is 0 Å².